The van der Waals surface area contributed by atoms with E-state index in [1.807, 2.05) is 31.2 Å². The summed E-state index contributed by atoms with van der Waals surface area (Å²) < 4.78 is 21.8. The summed E-state index contributed by atoms with van der Waals surface area (Å²) in [5, 5.41) is 0. The molecule has 1 aliphatic rings. The maximum absolute atomic E-state index is 14.6. The molecule has 1 unspecified atom stereocenters. The van der Waals surface area contributed by atoms with Crippen LogP contribution in [0.3, 0.4) is 0 Å². The highest BCUT2D eigenvalue weighted by Crippen LogP contribution is 2.22. The van der Waals surface area contributed by atoms with Crippen LogP contribution in [0.4, 0.5) is 4.39 Å². The Morgan fingerprint density at radius 2 is 2.19 bits per heavy atom. The third kappa shape index (κ3) is 3.65. The van der Waals surface area contributed by atoms with E-state index in [-0.39, 0.29) is 17.5 Å². The molecule has 0 spiro atoms. The summed E-state index contributed by atoms with van der Waals surface area (Å²) in [5.41, 5.74) is 1.48. The minimum absolute atomic E-state index is 0.110. The second-order valence-electron chi connectivity index (χ2n) is 7.07. The molecule has 1 atom stereocenters. The number of rotatable bonds is 4. The zero-order chi connectivity index (χ0) is 18.8. The van der Waals surface area contributed by atoms with E-state index in [9.17, 15) is 9.18 Å². The molecule has 0 saturated carbocycles. The number of aromatic nitrogens is 2. The Balaban J connectivity index is 1.44. The van der Waals surface area contributed by atoms with Crippen LogP contribution in [0, 0.1) is 18.8 Å². The van der Waals surface area contributed by atoms with Crippen LogP contribution in [-0.2, 0) is 0 Å². The van der Waals surface area contributed by atoms with Gasteiger partial charge in [-0.2, -0.15) is 4.39 Å². The van der Waals surface area contributed by atoms with Crippen molar-refractivity contribution in [2.24, 2.45) is 5.92 Å². The fourth-order valence-corrected chi connectivity index (χ4v) is 3.56. The molecule has 1 aromatic carbocycles. The number of carbonyl (C=O) groups is 1. The smallest absolute Gasteiger partial charge is 0.277 e. The Labute approximate surface area is 157 Å². The zero-order valence-electron chi connectivity index (χ0n) is 15.3. The average molecular weight is 367 g/mol. The summed E-state index contributed by atoms with van der Waals surface area (Å²) in [5.74, 6) is 0.110. The summed E-state index contributed by atoms with van der Waals surface area (Å²) in [4.78, 5) is 18.7. The van der Waals surface area contributed by atoms with E-state index >= 15 is 0 Å². The maximum Gasteiger partial charge on any atom is 0.277 e. The lowest BCUT2D eigenvalue weighted by atomic mass is 9.98. The molecule has 1 fully saturated rings. The average Bonchev–Trinajstić information content (AvgIpc) is 3.03. The quantitative estimate of drug-likeness (QED) is 0.706. The van der Waals surface area contributed by atoms with E-state index in [2.05, 4.69) is 4.98 Å². The summed E-state index contributed by atoms with van der Waals surface area (Å²) in [6.45, 7) is 3.74. The highest BCUT2D eigenvalue weighted by Gasteiger charge is 2.29. The normalized spacial score (nSPS) is 17.3. The molecule has 0 radical (unpaired) electrons. The van der Waals surface area contributed by atoms with Crippen molar-refractivity contribution >= 4 is 11.6 Å². The van der Waals surface area contributed by atoms with Crippen molar-refractivity contribution in [2.75, 3.05) is 19.7 Å². The van der Waals surface area contributed by atoms with E-state index in [4.69, 9.17) is 4.74 Å². The van der Waals surface area contributed by atoms with E-state index in [1.54, 1.807) is 29.3 Å². The van der Waals surface area contributed by atoms with Gasteiger partial charge in [0.1, 0.15) is 11.4 Å². The predicted molar refractivity (Wildman–Crippen MR) is 100 cm³/mol. The Hall–Kier alpha value is -2.89. The van der Waals surface area contributed by atoms with Crippen molar-refractivity contribution in [2.45, 2.75) is 19.8 Å². The van der Waals surface area contributed by atoms with Gasteiger partial charge in [-0.05, 0) is 49.6 Å². The van der Waals surface area contributed by atoms with Crippen LogP contribution < -0.4 is 4.74 Å². The van der Waals surface area contributed by atoms with E-state index in [1.165, 1.54) is 4.40 Å². The van der Waals surface area contributed by atoms with Gasteiger partial charge in [0.05, 0.1) is 6.61 Å². The molecule has 6 heteroatoms. The van der Waals surface area contributed by atoms with E-state index in [0.29, 0.717) is 25.3 Å². The lowest BCUT2D eigenvalue weighted by molar-refractivity contribution is 0.0623. The molecular weight excluding hydrogens is 345 g/mol. The van der Waals surface area contributed by atoms with Gasteiger partial charge in [0.15, 0.2) is 5.69 Å². The number of hydrogen-bond acceptors (Lipinski definition) is 3. The van der Waals surface area contributed by atoms with Crippen LogP contribution in [0.15, 0.2) is 48.7 Å². The standard InChI is InChI=1S/C21H22FN3O2/c1-15-6-4-8-17(12-15)27-14-16-7-5-10-24(13-16)21(26)19-20(22)25-11-3-2-9-18(25)23-19/h2-4,6,8-9,11-12,16H,5,7,10,13-14H2,1H3. The van der Waals surface area contributed by atoms with Crippen molar-refractivity contribution < 1.29 is 13.9 Å². The second kappa shape index (κ2) is 7.39. The number of ether oxygens (including phenoxy) is 1. The Bertz CT molecular complexity index is 969. The SMILES string of the molecule is Cc1cccc(OCC2CCCN(C(=O)c3nc4ccccn4c3F)C2)c1. The molecule has 2 aromatic heterocycles. The first-order chi connectivity index (χ1) is 13.1. The number of carbonyl (C=O) groups excluding carboxylic acids is 1. The summed E-state index contributed by atoms with van der Waals surface area (Å²) in [7, 11) is 0. The minimum atomic E-state index is -0.603. The van der Waals surface area contributed by atoms with Crippen molar-refractivity contribution in [3.8, 4) is 5.75 Å². The number of likely N-dealkylation sites (tertiary alicyclic amines) is 1. The van der Waals surface area contributed by atoms with Gasteiger partial charge in [0, 0.05) is 25.2 Å². The number of aryl methyl sites for hydroxylation is 1. The van der Waals surface area contributed by atoms with Gasteiger partial charge in [0.2, 0.25) is 5.95 Å². The van der Waals surface area contributed by atoms with Crippen LogP contribution >= 0.6 is 0 Å². The van der Waals surface area contributed by atoms with Gasteiger partial charge in [-0.3, -0.25) is 9.20 Å². The number of halogens is 1. The first-order valence-corrected chi connectivity index (χ1v) is 9.23. The molecule has 27 heavy (non-hydrogen) atoms. The molecular formula is C21H22FN3O2. The molecule has 3 heterocycles. The molecule has 1 aliphatic heterocycles. The van der Waals surface area contributed by atoms with E-state index < -0.39 is 5.95 Å². The number of amides is 1. The van der Waals surface area contributed by atoms with Crippen LogP contribution in [0.2, 0.25) is 0 Å². The summed E-state index contributed by atoms with van der Waals surface area (Å²) in [6.07, 6.45) is 3.44. The number of imidazole rings is 1. The maximum atomic E-state index is 14.6. The van der Waals surface area contributed by atoms with Crippen molar-refractivity contribution in [1.82, 2.24) is 14.3 Å². The number of benzene rings is 1. The minimum Gasteiger partial charge on any atom is -0.493 e. The fourth-order valence-electron chi connectivity index (χ4n) is 3.56. The highest BCUT2D eigenvalue weighted by molar-refractivity contribution is 5.93. The lowest BCUT2D eigenvalue weighted by Crippen LogP contribution is -2.42. The predicted octanol–water partition coefficient (Wildman–Crippen LogP) is 3.71. The number of nitrogens with zero attached hydrogens (tertiary/aromatic N) is 3. The largest absolute Gasteiger partial charge is 0.493 e. The monoisotopic (exact) mass is 367 g/mol. The first kappa shape index (κ1) is 17.5. The second-order valence-corrected chi connectivity index (χ2v) is 7.07. The molecule has 0 aliphatic carbocycles. The van der Waals surface area contributed by atoms with E-state index in [0.717, 1.165) is 24.2 Å². The van der Waals surface area contributed by atoms with Gasteiger partial charge in [-0.1, -0.05) is 18.2 Å². The number of hydrogen-bond donors (Lipinski definition) is 0. The molecule has 0 N–H and O–H groups in total. The van der Waals surface area contributed by atoms with Gasteiger partial charge in [0.25, 0.3) is 5.91 Å². The van der Waals surface area contributed by atoms with Gasteiger partial charge >= 0.3 is 0 Å². The van der Waals surface area contributed by atoms with Crippen molar-refractivity contribution in [3.63, 3.8) is 0 Å². The molecule has 1 amide bonds. The third-order valence-corrected chi connectivity index (χ3v) is 4.96. The number of pyridine rings is 1. The topological polar surface area (TPSA) is 46.8 Å². The van der Waals surface area contributed by atoms with Crippen molar-refractivity contribution in [3.05, 3.63) is 65.9 Å². The molecule has 4 rings (SSSR count). The highest BCUT2D eigenvalue weighted by atomic mass is 19.1. The van der Waals surface area contributed by atoms with Crippen molar-refractivity contribution in [1.29, 1.82) is 0 Å². The Morgan fingerprint density at radius 1 is 1.30 bits per heavy atom. The van der Waals surface area contributed by atoms with Gasteiger partial charge < -0.3 is 9.64 Å². The van der Waals surface area contributed by atoms with Crippen LogP contribution in [0.25, 0.3) is 5.65 Å². The molecule has 140 valence electrons. The van der Waals surface area contributed by atoms with Crippen LogP contribution in [0.1, 0.15) is 28.9 Å². The summed E-state index contributed by atoms with van der Waals surface area (Å²) in [6, 6.07) is 13.1. The summed E-state index contributed by atoms with van der Waals surface area (Å²) >= 11 is 0. The third-order valence-electron chi connectivity index (χ3n) is 4.96. The first-order valence-electron chi connectivity index (χ1n) is 9.23. The van der Waals surface area contributed by atoms with Crippen LogP contribution in [-0.4, -0.2) is 39.9 Å². The van der Waals surface area contributed by atoms with Gasteiger partial charge in [-0.25, -0.2) is 4.98 Å². The Kier molecular flexibility index (Phi) is 4.79. The molecule has 5 nitrogen and oxygen atoms in total. The van der Waals surface area contributed by atoms with Gasteiger partial charge in [-0.15, -0.1) is 0 Å². The molecule has 1 saturated heterocycles. The number of piperidine rings is 1. The molecule has 3 aromatic rings. The lowest BCUT2D eigenvalue weighted by Gasteiger charge is -2.32. The fraction of sp³-hybridized carbons (Fsp3) is 0.333. The van der Waals surface area contributed by atoms with Crippen LogP contribution in [0.5, 0.6) is 5.75 Å². The zero-order valence-corrected chi connectivity index (χ0v) is 15.3. The molecule has 0 bridgehead atoms. The number of fused-ring (bicyclic) bond motifs is 1. The Morgan fingerprint density at radius 3 is 3.00 bits per heavy atom.